The molecule has 1 atom stereocenters. The summed E-state index contributed by atoms with van der Waals surface area (Å²) < 4.78 is 16.2. The molecule has 0 spiro atoms. The molecule has 0 saturated carbocycles. The topological polar surface area (TPSA) is 63.6 Å². The fourth-order valence-electron chi connectivity index (χ4n) is 3.21. The summed E-state index contributed by atoms with van der Waals surface area (Å²) in [6.07, 6.45) is 21.2. The second kappa shape index (κ2) is 19.0. The van der Waals surface area contributed by atoms with Crippen LogP contribution in [0.25, 0.3) is 0 Å². The van der Waals surface area contributed by atoms with E-state index in [4.69, 9.17) is 9.63 Å². The highest BCUT2D eigenvalue weighted by Crippen LogP contribution is 2.35. The average molecular weight is 405 g/mol. The van der Waals surface area contributed by atoms with Gasteiger partial charge in [0.1, 0.15) is 0 Å². The maximum Gasteiger partial charge on any atom is 0.306 e. The smallest absolute Gasteiger partial charge is 0.306 e. The van der Waals surface area contributed by atoms with Gasteiger partial charge in [0.25, 0.3) is 0 Å². The Labute approximate surface area is 168 Å². The second-order valence-corrected chi connectivity index (χ2v) is 10.6. The zero-order chi connectivity index (χ0) is 20.2. The van der Waals surface area contributed by atoms with Gasteiger partial charge in [0.15, 0.2) is 7.37 Å². The van der Waals surface area contributed by atoms with Crippen molar-refractivity contribution < 1.29 is 19.0 Å². The van der Waals surface area contributed by atoms with Crippen LogP contribution >= 0.6 is 7.37 Å². The van der Waals surface area contributed by atoms with E-state index < -0.39 is 7.37 Å². The molecule has 0 saturated heterocycles. The number of carbonyl (C=O) groups excluding carboxylic acids is 1. The molecule has 0 amide bonds. The third-order valence-corrected chi connectivity index (χ3v) is 6.05. The zero-order valence-corrected chi connectivity index (χ0v) is 18.9. The summed E-state index contributed by atoms with van der Waals surface area (Å²) in [6.45, 7) is 3.98. The van der Waals surface area contributed by atoms with Crippen LogP contribution in [-0.4, -0.2) is 30.3 Å². The number of esters is 1. The molecule has 0 heterocycles. The van der Waals surface area contributed by atoms with E-state index in [-0.39, 0.29) is 18.6 Å². The monoisotopic (exact) mass is 404 g/mol. The van der Waals surface area contributed by atoms with E-state index >= 15 is 0 Å². The van der Waals surface area contributed by atoms with Crippen LogP contribution in [-0.2, 0) is 14.1 Å². The summed E-state index contributed by atoms with van der Waals surface area (Å²) >= 11 is 0. The first-order valence-corrected chi connectivity index (χ1v) is 13.7. The van der Waals surface area contributed by atoms with Gasteiger partial charge < -0.3 is 9.63 Å². The lowest BCUT2D eigenvalue weighted by Crippen LogP contribution is -2.07. The maximum atomic E-state index is 11.4. The van der Waals surface area contributed by atoms with E-state index in [9.17, 15) is 9.36 Å². The van der Waals surface area contributed by atoms with Gasteiger partial charge in [-0.25, -0.2) is 0 Å². The number of ether oxygens (including phenoxy) is 1. The first-order chi connectivity index (χ1) is 13.0. The normalized spacial score (nSPS) is 13.4. The minimum absolute atomic E-state index is 0.0186. The highest BCUT2D eigenvalue weighted by molar-refractivity contribution is 7.57. The molecule has 0 aliphatic carbocycles. The van der Waals surface area contributed by atoms with E-state index in [0.717, 1.165) is 12.8 Å². The molecule has 0 aromatic heterocycles. The molecule has 0 aromatic carbocycles. The highest BCUT2D eigenvalue weighted by atomic mass is 31.2. The maximum absolute atomic E-state index is 11.4. The quantitative estimate of drug-likeness (QED) is 0.134. The number of unbranched alkanes of at least 4 members (excludes halogenated alkanes) is 15. The lowest BCUT2D eigenvalue weighted by molar-refractivity contribution is -0.143. The van der Waals surface area contributed by atoms with Crippen molar-refractivity contribution in [3.05, 3.63) is 0 Å². The van der Waals surface area contributed by atoms with Crippen LogP contribution in [0, 0.1) is 0 Å². The minimum Gasteiger partial charge on any atom is -0.466 e. The SMILES string of the molecule is CCCCCCCCCCCCCCCCCCOC(=O)CCP(C)(=O)O. The Hall–Kier alpha value is -0.340. The molecular weight excluding hydrogens is 359 g/mol. The van der Waals surface area contributed by atoms with Crippen LogP contribution in [0.15, 0.2) is 0 Å². The molecule has 0 aliphatic rings. The second-order valence-electron chi connectivity index (χ2n) is 8.05. The third-order valence-electron chi connectivity index (χ3n) is 4.99. The first kappa shape index (κ1) is 26.7. The van der Waals surface area contributed by atoms with Gasteiger partial charge in [-0.2, -0.15) is 0 Å². The van der Waals surface area contributed by atoms with Gasteiger partial charge in [-0.1, -0.05) is 103 Å². The van der Waals surface area contributed by atoms with Crippen LogP contribution < -0.4 is 0 Å². The lowest BCUT2D eigenvalue weighted by Gasteiger charge is -2.06. The summed E-state index contributed by atoms with van der Waals surface area (Å²) in [5.41, 5.74) is 0. The molecule has 1 N–H and O–H groups in total. The van der Waals surface area contributed by atoms with E-state index in [0.29, 0.717) is 6.61 Å². The first-order valence-electron chi connectivity index (χ1n) is 11.4. The molecule has 0 rings (SSSR count). The number of carbonyl (C=O) groups is 1. The van der Waals surface area contributed by atoms with Gasteiger partial charge in [0.05, 0.1) is 13.0 Å². The molecule has 4 nitrogen and oxygen atoms in total. The summed E-state index contributed by atoms with van der Waals surface area (Å²) in [5.74, 6) is -0.355. The highest BCUT2D eigenvalue weighted by Gasteiger charge is 2.13. The molecular formula is C22H45O4P. The van der Waals surface area contributed by atoms with Crippen molar-refractivity contribution in [2.24, 2.45) is 0 Å². The van der Waals surface area contributed by atoms with Crippen molar-refractivity contribution in [3.8, 4) is 0 Å². The number of hydrogen-bond donors (Lipinski definition) is 1. The van der Waals surface area contributed by atoms with Gasteiger partial charge in [-0.3, -0.25) is 9.36 Å². The fourth-order valence-corrected chi connectivity index (χ4v) is 3.80. The van der Waals surface area contributed by atoms with Crippen LogP contribution in [0.1, 0.15) is 116 Å². The molecule has 1 unspecified atom stereocenters. The van der Waals surface area contributed by atoms with Gasteiger partial charge in [-0.05, 0) is 6.42 Å². The molecule has 27 heavy (non-hydrogen) atoms. The van der Waals surface area contributed by atoms with Crippen molar-refractivity contribution in [1.82, 2.24) is 0 Å². The van der Waals surface area contributed by atoms with E-state index in [2.05, 4.69) is 6.92 Å². The summed E-state index contributed by atoms with van der Waals surface area (Å²) in [6, 6.07) is 0. The van der Waals surface area contributed by atoms with Crippen molar-refractivity contribution in [1.29, 1.82) is 0 Å². The van der Waals surface area contributed by atoms with Gasteiger partial charge in [-0.15, -0.1) is 0 Å². The van der Waals surface area contributed by atoms with E-state index in [1.165, 1.54) is 96.6 Å². The molecule has 5 heteroatoms. The Morgan fingerprint density at radius 1 is 0.741 bits per heavy atom. The van der Waals surface area contributed by atoms with Crippen LogP contribution in [0.2, 0.25) is 0 Å². The summed E-state index contributed by atoms with van der Waals surface area (Å²) in [5, 5.41) is 0. The largest absolute Gasteiger partial charge is 0.466 e. The van der Waals surface area contributed by atoms with Gasteiger partial charge in [0, 0.05) is 12.8 Å². The predicted octanol–water partition coefficient (Wildman–Crippen LogP) is 7.08. The van der Waals surface area contributed by atoms with Crippen molar-refractivity contribution >= 4 is 13.3 Å². The summed E-state index contributed by atoms with van der Waals surface area (Å²) in [4.78, 5) is 20.5. The number of rotatable bonds is 20. The van der Waals surface area contributed by atoms with Crippen molar-refractivity contribution in [3.63, 3.8) is 0 Å². The number of hydrogen-bond acceptors (Lipinski definition) is 3. The van der Waals surface area contributed by atoms with Crippen LogP contribution in [0.5, 0.6) is 0 Å². The summed E-state index contributed by atoms with van der Waals surface area (Å²) in [7, 11) is -3.10. The van der Waals surface area contributed by atoms with Crippen molar-refractivity contribution in [2.45, 2.75) is 116 Å². The molecule has 0 fully saturated rings. The Morgan fingerprint density at radius 2 is 1.11 bits per heavy atom. The minimum atomic E-state index is -3.10. The van der Waals surface area contributed by atoms with Gasteiger partial charge in [0.2, 0.25) is 0 Å². The third kappa shape index (κ3) is 23.6. The van der Waals surface area contributed by atoms with E-state index in [1.807, 2.05) is 0 Å². The Bertz CT molecular complexity index is 379. The molecule has 0 aliphatic heterocycles. The van der Waals surface area contributed by atoms with Gasteiger partial charge >= 0.3 is 5.97 Å². The van der Waals surface area contributed by atoms with E-state index in [1.54, 1.807) is 0 Å². The molecule has 0 aromatic rings. The molecule has 0 radical (unpaired) electrons. The van der Waals surface area contributed by atoms with Crippen LogP contribution in [0.4, 0.5) is 0 Å². The van der Waals surface area contributed by atoms with Crippen molar-refractivity contribution in [2.75, 3.05) is 19.4 Å². The van der Waals surface area contributed by atoms with Crippen LogP contribution in [0.3, 0.4) is 0 Å². The average Bonchev–Trinajstić information content (AvgIpc) is 2.62. The Morgan fingerprint density at radius 3 is 1.48 bits per heavy atom. The lowest BCUT2D eigenvalue weighted by atomic mass is 10.0. The predicted molar refractivity (Wildman–Crippen MR) is 116 cm³/mol. The molecule has 162 valence electrons. The standard InChI is InChI=1S/C22H45O4P/c1-3-4-5-6-7-8-9-10-11-12-13-14-15-16-17-18-20-26-22(23)19-21-27(2,24)25/h3-21H2,1-2H3,(H,24,25). The molecule has 0 bridgehead atoms. The fraction of sp³-hybridized carbons (Fsp3) is 0.955. The zero-order valence-electron chi connectivity index (χ0n) is 18.1. The Kier molecular flexibility index (Phi) is 18.8. The Balaban J connectivity index is 3.15.